The Bertz CT molecular complexity index is 1240. The molecule has 186 valence electrons. The number of halogens is 2. The van der Waals surface area contributed by atoms with Crippen molar-refractivity contribution in [2.75, 3.05) is 39.8 Å². The predicted molar refractivity (Wildman–Crippen MR) is 130 cm³/mol. The molecule has 8 heteroatoms. The van der Waals surface area contributed by atoms with Crippen LogP contribution < -0.4 is 4.74 Å². The third kappa shape index (κ3) is 6.25. The molecule has 1 fully saturated rings. The van der Waals surface area contributed by atoms with Gasteiger partial charge in [-0.05, 0) is 47.5 Å². The minimum atomic E-state index is -0.850. The maximum Gasteiger partial charge on any atom is 0.256 e. The second kappa shape index (κ2) is 11.8. The van der Waals surface area contributed by atoms with Crippen molar-refractivity contribution < 1.29 is 23.0 Å². The topological polar surface area (TPSA) is 65.8 Å². The second-order valence-corrected chi connectivity index (χ2v) is 8.60. The SMILES string of the molecule is COc1cccc([C@@H](CN2CCN(C(=O)c3ccc(F)cc3F)CC2)OCc2ccc(C#N)cc2)c1. The Labute approximate surface area is 209 Å². The number of nitriles is 1. The Morgan fingerprint density at radius 3 is 2.44 bits per heavy atom. The van der Waals surface area contributed by atoms with E-state index >= 15 is 0 Å². The van der Waals surface area contributed by atoms with Crippen LogP contribution >= 0.6 is 0 Å². The normalized spacial score (nSPS) is 14.8. The number of carbonyl (C=O) groups excluding carboxylic acids is 1. The average Bonchev–Trinajstić information content (AvgIpc) is 2.91. The van der Waals surface area contributed by atoms with E-state index in [0.29, 0.717) is 44.9 Å². The molecule has 1 aliphatic rings. The Balaban J connectivity index is 1.41. The highest BCUT2D eigenvalue weighted by atomic mass is 19.1. The van der Waals surface area contributed by atoms with Gasteiger partial charge in [0.05, 0.1) is 37.0 Å². The van der Waals surface area contributed by atoms with E-state index in [1.807, 2.05) is 36.4 Å². The summed E-state index contributed by atoms with van der Waals surface area (Å²) in [5.41, 5.74) is 2.40. The van der Waals surface area contributed by atoms with Crippen molar-refractivity contribution >= 4 is 5.91 Å². The van der Waals surface area contributed by atoms with Crippen molar-refractivity contribution in [3.05, 3.63) is 101 Å². The number of piperazine rings is 1. The molecule has 36 heavy (non-hydrogen) atoms. The number of nitrogens with zero attached hydrogens (tertiary/aromatic N) is 3. The first kappa shape index (κ1) is 25.3. The minimum Gasteiger partial charge on any atom is -0.497 e. The zero-order valence-corrected chi connectivity index (χ0v) is 20.0. The van der Waals surface area contributed by atoms with E-state index in [1.165, 1.54) is 6.07 Å². The molecule has 4 rings (SSSR count). The van der Waals surface area contributed by atoms with Crippen LogP contribution in [0.3, 0.4) is 0 Å². The van der Waals surface area contributed by atoms with Gasteiger partial charge in [-0.3, -0.25) is 9.69 Å². The van der Waals surface area contributed by atoms with Gasteiger partial charge in [-0.25, -0.2) is 8.78 Å². The van der Waals surface area contributed by atoms with E-state index in [1.54, 1.807) is 24.1 Å². The van der Waals surface area contributed by atoms with Crippen LogP contribution in [0.4, 0.5) is 8.78 Å². The summed E-state index contributed by atoms with van der Waals surface area (Å²) >= 11 is 0. The van der Waals surface area contributed by atoms with Crippen LogP contribution in [-0.4, -0.2) is 55.5 Å². The highest BCUT2D eigenvalue weighted by Gasteiger charge is 2.26. The molecule has 0 saturated carbocycles. The maximum atomic E-state index is 14.1. The zero-order chi connectivity index (χ0) is 25.5. The molecule has 0 unspecified atom stereocenters. The van der Waals surface area contributed by atoms with Crippen LogP contribution in [0.2, 0.25) is 0 Å². The number of hydrogen-bond acceptors (Lipinski definition) is 5. The molecule has 1 atom stereocenters. The van der Waals surface area contributed by atoms with Crippen LogP contribution in [-0.2, 0) is 11.3 Å². The first-order valence-electron chi connectivity index (χ1n) is 11.7. The Morgan fingerprint density at radius 2 is 1.78 bits per heavy atom. The van der Waals surface area contributed by atoms with Crippen LogP contribution in [0.15, 0.2) is 66.7 Å². The summed E-state index contributed by atoms with van der Waals surface area (Å²) in [7, 11) is 1.62. The number of amides is 1. The molecular weight excluding hydrogens is 464 g/mol. The summed E-state index contributed by atoms with van der Waals surface area (Å²) in [6, 6.07) is 20.1. The molecule has 3 aromatic carbocycles. The summed E-state index contributed by atoms with van der Waals surface area (Å²) in [6.07, 6.45) is -0.257. The summed E-state index contributed by atoms with van der Waals surface area (Å²) in [5.74, 6) is -1.26. The standard InChI is InChI=1S/C28H27F2N3O3/c1-35-24-4-2-3-22(15-24)27(36-19-21-7-5-20(17-31)6-8-21)18-32-11-13-33(14-12-32)28(34)25-10-9-23(29)16-26(25)30/h2-10,15-16,27H,11-14,18-19H2,1H3/t27-/m1/s1. The lowest BCUT2D eigenvalue weighted by atomic mass is 10.1. The van der Waals surface area contributed by atoms with Crippen molar-refractivity contribution in [3.63, 3.8) is 0 Å². The number of rotatable bonds is 8. The van der Waals surface area contributed by atoms with Gasteiger partial charge in [0.25, 0.3) is 5.91 Å². The lowest BCUT2D eigenvalue weighted by Crippen LogP contribution is -2.49. The van der Waals surface area contributed by atoms with Crippen molar-refractivity contribution in [2.24, 2.45) is 0 Å². The lowest BCUT2D eigenvalue weighted by Gasteiger charge is -2.36. The number of ether oxygens (including phenoxy) is 2. The largest absolute Gasteiger partial charge is 0.497 e. The van der Waals surface area contributed by atoms with Gasteiger partial charge in [0.2, 0.25) is 0 Å². The molecule has 0 radical (unpaired) electrons. The Morgan fingerprint density at radius 1 is 1.03 bits per heavy atom. The molecule has 3 aromatic rings. The van der Waals surface area contributed by atoms with E-state index in [0.717, 1.165) is 29.0 Å². The van der Waals surface area contributed by atoms with Gasteiger partial charge in [-0.15, -0.1) is 0 Å². The van der Waals surface area contributed by atoms with Crippen molar-refractivity contribution in [2.45, 2.75) is 12.7 Å². The van der Waals surface area contributed by atoms with E-state index < -0.39 is 17.5 Å². The molecule has 6 nitrogen and oxygen atoms in total. The Kier molecular flexibility index (Phi) is 8.26. The fourth-order valence-corrected chi connectivity index (χ4v) is 4.17. The first-order valence-corrected chi connectivity index (χ1v) is 11.7. The highest BCUT2D eigenvalue weighted by Crippen LogP contribution is 2.25. The fraction of sp³-hybridized carbons (Fsp3) is 0.286. The molecule has 0 aliphatic carbocycles. The summed E-state index contributed by atoms with van der Waals surface area (Å²) in [4.78, 5) is 16.5. The average molecular weight is 492 g/mol. The van der Waals surface area contributed by atoms with E-state index in [9.17, 15) is 13.6 Å². The monoisotopic (exact) mass is 491 g/mol. The first-order chi connectivity index (χ1) is 17.5. The van der Waals surface area contributed by atoms with Gasteiger partial charge in [0.1, 0.15) is 17.4 Å². The van der Waals surface area contributed by atoms with Crippen molar-refractivity contribution in [1.29, 1.82) is 5.26 Å². The van der Waals surface area contributed by atoms with E-state index in [-0.39, 0.29) is 11.7 Å². The molecule has 1 saturated heterocycles. The molecule has 0 aromatic heterocycles. The molecule has 1 aliphatic heterocycles. The maximum absolute atomic E-state index is 14.1. The van der Waals surface area contributed by atoms with Crippen LogP contribution in [0, 0.1) is 23.0 Å². The third-order valence-electron chi connectivity index (χ3n) is 6.24. The highest BCUT2D eigenvalue weighted by molar-refractivity contribution is 5.94. The van der Waals surface area contributed by atoms with Gasteiger partial charge in [0, 0.05) is 38.8 Å². The fourth-order valence-electron chi connectivity index (χ4n) is 4.17. The minimum absolute atomic E-state index is 0.121. The molecule has 0 N–H and O–H groups in total. The molecule has 0 bridgehead atoms. The summed E-state index contributed by atoms with van der Waals surface area (Å²) in [5, 5.41) is 9.01. The van der Waals surface area contributed by atoms with E-state index in [2.05, 4.69) is 11.0 Å². The van der Waals surface area contributed by atoms with E-state index in [4.69, 9.17) is 14.7 Å². The number of methoxy groups -OCH3 is 1. The molecule has 1 heterocycles. The molecular formula is C28H27F2N3O3. The second-order valence-electron chi connectivity index (χ2n) is 8.60. The molecule has 0 spiro atoms. The van der Waals surface area contributed by atoms with Crippen LogP contribution in [0.1, 0.15) is 33.2 Å². The van der Waals surface area contributed by atoms with Crippen LogP contribution in [0.5, 0.6) is 5.75 Å². The lowest BCUT2D eigenvalue weighted by molar-refractivity contribution is 0.00329. The smallest absolute Gasteiger partial charge is 0.256 e. The van der Waals surface area contributed by atoms with Gasteiger partial charge in [-0.1, -0.05) is 24.3 Å². The number of hydrogen-bond donors (Lipinski definition) is 0. The third-order valence-corrected chi connectivity index (χ3v) is 6.24. The van der Waals surface area contributed by atoms with Gasteiger partial charge in [-0.2, -0.15) is 5.26 Å². The zero-order valence-electron chi connectivity index (χ0n) is 20.0. The van der Waals surface area contributed by atoms with Crippen molar-refractivity contribution in [3.8, 4) is 11.8 Å². The predicted octanol–water partition coefficient (Wildman–Crippen LogP) is 4.56. The van der Waals surface area contributed by atoms with Gasteiger partial charge in [0.15, 0.2) is 0 Å². The Hall–Kier alpha value is -3.80. The van der Waals surface area contributed by atoms with Crippen LogP contribution in [0.25, 0.3) is 0 Å². The van der Waals surface area contributed by atoms with Gasteiger partial charge < -0.3 is 14.4 Å². The quantitative estimate of drug-likeness (QED) is 0.462. The summed E-state index contributed by atoms with van der Waals surface area (Å²) < 4.78 is 39.0. The number of benzene rings is 3. The van der Waals surface area contributed by atoms with Crippen molar-refractivity contribution in [1.82, 2.24) is 9.80 Å². The molecule has 1 amide bonds. The number of carbonyl (C=O) groups is 1. The summed E-state index contributed by atoms with van der Waals surface area (Å²) in [6.45, 7) is 3.00. The van der Waals surface area contributed by atoms with Gasteiger partial charge >= 0.3 is 0 Å².